The number of benzene rings is 2. The molecular weight excluding hydrogens is 480 g/mol. The molecule has 1 aliphatic heterocycles. The van der Waals surface area contributed by atoms with Gasteiger partial charge in [-0.25, -0.2) is 0 Å². The van der Waals surface area contributed by atoms with Crippen molar-refractivity contribution in [2.45, 2.75) is 71.5 Å². The lowest BCUT2D eigenvalue weighted by Gasteiger charge is -2.43. The highest BCUT2D eigenvalue weighted by molar-refractivity contribution is 6.99. The van der Waals surface area contributed by atoms with Gasteiger partial charge in [0.05, 0.1) is 12.7 Å². The Morgan fingerprint density at radius 2 is 1.44 bits per heavy atom. The summed E-state index contributed by atoms with van der Waals surface area (Å²) in [7, 11) is -4.41. The Balaban J connectivity index is 1.84. The molecule has 2 aromatic rings. The molecule has 0 saturated heterocycles. The number of hydrogen-bond acceptors (Lipinski definition) is 4. The van der Waals surface area contributed by atoms with E-state index in [4.69, 9.17) is 18.3 Å². The summed E-state index contributed by atoms with van der Waals surface area (Å²) in [5.74, 6) is 0.458. The highest BCUT2D eigenvalue weighted by atomic mass is 28.4. The first kappa shape index (κ1) is 28.0. The Kier molecular flexibility index (Phi) is 8.43. The third-order valence-electron chi connectivity index (χ3n) is 5.88. The van der Waals surface area contributed by atoms with E-state index in [9.17, 15) is 0 Å². The fraction of sp³-hybridized carbons (Fsp3) is 0.400. The van der Waals surface area contributed by atoms with Crippen LogP contribution in [0.15, 0.2) is 96.7 Å². The monoisotopic (exact) mass is 522 g/mol. The molecule has 0 N–H and O–H groups in total. The summed E-state index contributed by atoms with van der Waals surface area (Å²) in [6.07, 6.45) is 4.51. The van der Waals surface area contributed by atoms with Gasteiger partial charge in [-0.15, -0.1) is 0 Å². The van der Waals surface area contributed by atoms with Crippen LogP contribution >= 0.6 is 0 Å². The molecular formula is C30H42O4Si2. The van der Waals surface area contributed by atoms with Gasteiger partial charge in [0.25, 0.3) is 14.3 Å². The molecule has 0 atom stereocenters. The van der Waals surface area contributed by atoms with Gasteiger partial charge in [0, 0.05) is 13.8 Å². The minimum Gasteiger partial charge on any atom is -0.520 e. The minimum absolute atomic E-state index is 0.0753. The van der Waals surface area contributed by atoms with Crippen molar-refractivity contribution in [3.63, 3.8) is 0 Å². The maximum absolute atomic E-state index is 7.01. The summed E-state index contributed by atoms with van der Waals surface area (Å²) in [6.45, 7) is 21.9. The van der Waals surface area contributed by atoms with Crippen LogP contribution < -0.4 is 10.4 Å². The highest BCUT2D eigenvalue weighted by Gasteiger charge is 2.50. The molecule has 6 heteroatoms. The molecule has 0 fully saturated rings. The normalized spacial score (nSPS) is 17.1. The van der Waals surface area contributed by atoms with Gasteiger partial charge in [-0.1, -0.05) is 88.0 Å². The minimum atomic E-state index is -2.60. The molecule has 0 radical (unpaired) electrons. The van der Waals surface area contributed by atoms with Crippen LogP contribution in [0.2, 0.25) is 24.7 Å². The van der Waals surface area contributed by atoms with Crippen molar-refractivity contribution in [1.29, 1.82) is 0 Å². The van der Waals surface area contributed by atoms with Gasteiger partial charge in [0.15, 0.2) is 0 Å². The van der Waals surface area contributed by atoms with Crippen LogP contribution in [-0.4, -0.2) is 29.0 Å². The van der Waals surface area contributed by atoms with Gasteiger partial charge >= 0.3 is 0 Å². The molecule has 0 saturated carbocycles. The molecule has 0 bridgehead atoms. The average Bonchev–Trinajstić information content (AvgIpc) is 2.76. The molecule has 194 valence electrons. The maximum atomic E-state index is 7.01. The molecule has 0 unspecified atom stereocenters. The second-order valence-corrected chi connectivity index (χ2v) is 20.5. The third-order valence-corrected chi connectivity index (χ3v) is 11.7. The van der Waals surface area contributed by atoms with Crippen molar-refractivity contribution < 1.29 is 18.3 Å². The largest absolute Gasteiger partial charge is 0.520 e. The van der Waals surface area contributed by atoms with Gasteiger partial charge in [-0.05, 0) is 53.1 Å². The van der Waals surface area contributed by atoms with Gasteiger partial charge in [-0.2, -0.15) is 0 Å². The van der Waals surface area contributed by atoms with E-state index >= 15 is 0 Å². The molecule has 0 aliphatic carbocycles. The van der Waals surface area contributed by atoms with Crippen molar-refractivity contribution in [1.82, 2.24) is 0 Å². The summed E-state index contributed by atoms with van der Waals surface area (Å²) < 4.78 is 25.0. The summed E-state index contributed by atoms with van der Waals surface area (Å²) >= 11 is 0. The van der Waals surface area contributed by atoms with Crippen molar-refractivity contribution in [3.05, 3.63) is 96.7 Å². The second-order valence-electron chi connectivity index (χ2n) is 11.8. The quantitative estimate of drug-likeness (QED) is 0.266. The fourth-order valence-corrected chi connectivity index (χ4v) is 9.73. The second kappa shape index (κ2) is 10.8. The Morgan fingerprint density at radius 3 is 1.92 bits per heavy atom. The van der Waals surface area contributed by atoms with E-state index < -0.39 is 22.4 Å². The molecule has 0 aromatic heterocycles. The van der Waals surface area contributed by atoms with Crippen LogP contribution in [0.5, 0.6) is 0 Å². The van der Waals surface area contributed by atoms with E-state index in [0.29, 0.717) is 19.0 Å². The molecule has 1 aliphatic rings. The number of ether oxygens (including phenoxy) is 2. The van der Waals surface area contributed by atoms with Crippen LogP contribution in [-0.2, 0) is 18.3 Å². The van der Waals surface area contributed by atoms with Crippen LogP contribution in [0.1, 0.15) is 41.0 Å². The van der Waals surface area contributed by atoms with E-state index in [1.54, 1.807) is 0 Å². The van der Waals surface area contributed by atoms with E-state index in [1.165, 1.54) is 10.4 Å². The first-order valence-corrected chi connectivity index (χ1v) is 17.9. The van der Waals surface area contributed by atoms with Gasteiger partial charge in [0.1, 0.15) is 5.76 Å². The van der Waals surface area contributed by atoms with Gasteiger partial charge in [-0.3, -0.25) is 0 Å². The predicted octanol–water partition coefficient (Wildman–Crippen LogP) is 6.87. The Labute approximate surface area is 219 Å². The van der Waals surface area contributed by atoms with Crippen molar-refractivity contribution >= 4 is 27.0 Å². The zero-order chi connectivity index (χ0) is 26.6. The SMILES string of the molecule is C=C(C/C=C1\C=C(O[Si](C)(C)C)OC(C)(C)O1)CO[Si](c1ccccc1)(c1ccccc1)C(C)(C)C. The van der Waals surface area contributed by atoms with Crippen molar-refractivity contribution in [2.75, 3.05) is 6.61 Å². The summed E-state index contributed by atoms with van der Waals surface area (Å²) in [5, 5.41) is 2.45. The molecule has 2 aromatic carbocycles. The van der Waals surface area contributed by atoms with Gasteiger partial charge < -0.3 is 18.3 Å². The fourth-order valence-electron chi connectivity index (χ4n) is 4.45. The van der Waals surface area contributed by atoms with Crippen LogP contribution in [0.25, 0.3) is 0 Å². The van der Waals surface area contributed by atoms with Crippen LogP contribution in [0, 0.1) is 0 Å². The van der Waals surface area contributed by atoms with Crippen LogP contribution in [0.3, 0.4) is 0 Å². The first-order valence-electron chi connectivity index (χ1n) is 12.6. The molecule has 1 heterocycles. The lowest BCUT2D eigenvalue weighted by Crippen LogP contribution is -2.66. The Morgan fingerprint density at radius 1 is 0.917 bits per heavy atom. The molecule has 0 amide bonds. The lowest BCUT2D eigenvalue weighted by molar-refractivity contribution is -0.194. The number of allylic oxidation sites excluding steroid dienone is 2. The molecule has 4 nitrogen and oxygen atoms in total. The topological polar surface area (TPSA) is 36.9 Å². The zero-order valence-corrected chi connectivity index (χ0v) is 25.2. The van der Waals surface area contributed by atoms with E-state index in [-0.39, 0.29) is 5.04 Å². The van der Waals surface area contributed by atoms with Crippen LogP contribution in [0.4, 0.5) is 0 Å². The van der Waals surface area contributed by atoms with E-state index in [2.05, 4.69) is 108 Å². The highest BCUT2D eigenvalue weighted by Crippen LogP contribution is 2.37. The predicted molar refractivity (Wildman–Crippen MR) is 154 cm³/mol. The van der Waals surface area contributed by atoms with Crippen molar-refractivity contribution in [3.8, 4) is 0 Å². The Bertz CT molecular complexity index is 1050. The number of hydrogen-bond donors (Lipinski definition) is 0. The molecule has 3 rings (SSSR count). The standard InChI is InChI=1S/C30H42O4Si2/c1-24(20-21-25-22-28(34-35(7,8)9)33-30(5,6)32-25)23-31-36(29(2,3)4,26-16-12-10-13-17-26)27-18-14-11-15-19-27/h10-19,21-22H,1,20,23H2,2-9H3/b25-21+. The van der Waals surface area contributed by atoms with E-state index in [1.807, 2.05) is 26.0 Å². The number of rotatable bonds is 9. The molecule has 36 heavy (non-hydrogen) atoms. The summed E-state index contributed by atoms with van der Waals surface area (Å²) in [5.41, 5.74) is 0.990. The van der Waals surface area contributed by atoms with E-state index in [0.717, 1.165) is 11.3 Å². The maximum Gasteiger partial charge on any atom is 0.272 e. The van der Waals surface area contributed by atoms with Gasteiger partial charge in [0.2, 0.25) is 14.1 Å². The Hall–Kier alpha value is -2.55. The molecule has 0 spiro atoms. The summed E-state index contributed by atoms with van der Waals surface area (Å²) in [4.78, 5) is 0. The lowest BCUT2D eigenvalue weighted by atomic mass is 10.2. The van der Waals surface area contributed by atoms with Crippen molar-refractivity contribution in [2.24, 2.45) is 0 Å². The third kappa shape index (κ3) is 7.02. The smallest absolute Gasteiger partial charge is 0.272 e. The summed E-state index contributed by atoms with van der Waals surface area (Å²) in [6, 6.07) is 21.4. The average molecular weight is 523 g/mol. The zero-order valence-electron chi connectivity index (χ0n) is 23.2. The first-order chi connectivity index (χ1) is 16.7.